The van der Waals surface area contributed by atoms with Crippen molar-refractivity contribution in [1.82, 2.24) is 14.8 Å². The zero-order valence-electron chi connectivity index (χ0n) is 12.8. The summed E-state index contributed by atoms with van der Waals surface area (Å²) in [5.74, 6) is 0.563. The highest BCUT2D eigenvalue weighted by atomic mass is 35.5. The molecule has 0 fully saturated rings. The van der Waals surface area contributed by atoms with E-state index in [1.807, 2.05) is 6.07 Å². The fourth-order valence-electron chi connectivity index (χ4n) is 2.98. The maximum absolute atomic E-state index is 13.5. The first-order valence-electron chi connectivity index (χ1n) is 7.59. The van der Waals surface area contributed by atoms with Gasteiger partial charge in [0.1, 0.15) is 11.5 Å². The van der Waals surface area contributed by atoms with Crippen LogP contribution in [0.1, 0.15) is 11.1 Å². The van der Waals surface area contributed by atoms with E-state index < -0.39 is 11.7 Å². The van der Waals surface area contributed by atoms with Crippen LogP contribution < -0.4 is 5.32 Å². The van der Waals surface area contributed by atoms with Crippen LogP contribution in [0, 0.1) is 0 Å². The van der Waals surface area contributed by atoms with Gasteiger partial charge < -0.3 is 5.32 Å². The summed E-state index contributed by atoms with van der Waals surface area (Å²) in [5, 5.41) is 7.57. The smallest absolute Gasteiger partial charge is 0.369 e. The van der Waals surface area contributed by atoms with E-state index in [-0.39, 0.29) is 10.7 Å². The van der Waals surface area contributed by atoms with Gasteiger partial charge in [0.2, 0.25) is 0 Å². The predicted molar refractivity (Wildman–Crippen MR) is 89.0 cm³/mol. The van der Waals surface area contributed by atoms with Gasteiger partial charge in [0.15, 0.2) is 0 Å². The Morgan fingerprint density at radius 3 is 2.72 bits per heavy atom. The number of nitrogens with zero attached hydrogens (tertiary/aromatic N) is 3. The summed E-state index contributed by atoms with van der Waals surface area (Å²) in [4.78, 5) is 4.27. The first-order chi connectivity index (χ1) is 11.9. The Hall–Kier alpha value is -2.54. The third-order valence-electron chi connectivity index (χ3n) is 4.05. The van der Waals surface area contributed by atoms with Crippen LogP contribution in [0.2, 0.25) is 5.02 Å². The van der Waals surface area contributed by atoms with Gasteiger partial charge >= 0.3 is 6.18 Å². The fourth-order valence-corrected chi connectivity index (χ4v) is 3.15. The number of benzene rings is 1. The van der Waals surface area contributed by atoms with E-state index in [1.165, 1.54) is 16.8 Å². The Kier molecular flexibility index (Phi) is 3.68. The summed E-state index contributed by atoms with van der Waals surface area (Å²) in [6.07, 6.45) is -2.23. The summed E-state index contributed by atoms with van der Waals surface area (Å²) in [7, 11) is 0. The second-order valence-corrected chi connectivity index (χ2v) is 6.07. The second-order valence-electron chi connectivity index (χ2n) is 5.64. The molecule has 8 heteroatoms. The van der Waals surface area contributed by atoms with Gasteiger partial charge in [-0.3, -0.25) is 4.98 Å². The minimum atomic E-state index is -4.54. The molecule has 3 aromatic rings. The Morgan fingerprint density at radius 2 is 2.00 bits per heavy atom. The average molecular weight is 365 g/mol. The number of halogens is 4. The maximum Gasteiger partial charge on any atom is 0.418 e. The quantitative estimate of drug-likeness (QED) is 0.724. The standard InChI is InChI=1S/C17H12ClF3N4/c18-10-4-5-14(12(9-10)17(19,20)21)25-16-11(6-8-23-16)15(24-25)13-3-1-2-7-22-13/h1-5,7,9,23H,6,8H2. The van der Waals surface area contributed by atoms with Crippen LogP contribution in [-0.4, -0.2) is 21.3 Å². The molecule has 0 saturated heterocycles. The van der Waals surface area contributed by atoms with E-state index in [4.69, 9.17) is 11.6 Å². The Labute approximate surface area is 146 Å². The fraction of sp³-hybridized carbons (Fsp3) is 0.176. The van der Waals surface area contributed by atoms with Gasteiger partial charge in [0.25, 0.3) is 0 Å². The van der Waals surface area contributed by atoms with Crippen molar-refractivity contribution in [1.29, 1.82) is 0 Å². The molecule has 2 aromatic heterocycles. The van der Waals surface area contributed by atoms with Crippen molar-refractivity contribution in [3.8, 4) is 17.1 Å². The molecular weight excluding hydrogens is 353 g/mol. The molecule has 0 amide bonds. The molecule has 1 aromatic carbocycles. The highest BCUT2D eigenvalue weighted by molar-refractivity contribution is 6.30. The number of rotatable bonds is 2. The van der Waals surface area contributed by atoms with Crippen molar-refractivity contribution in [2.45, 2.75) is 12.6 Å². The molecule has 4 nitrogen and oxygen atoms in total. The van der Waals surface area contributed by atoms with Crippen molar-refractivity contribution in [3.63, 3.8) is 0 Å². The van der Waals surface area contributed by atoms with Crippen LogP contribution in [-0.2, 0) is 12.6 Å². The molecule has 0 unspecified atom stereocenters. The SMILES string of the molecule is FC(F)(F)c1cc(Cl)ccc1-n1nc(-c2ccccn2)c2c1NCC2. The number of anilines is 1. The van der Waals surface area contributed by atoms with Crippen molar-refractivity contribution < 1.29 is 13.2 Å². The highest BCUT2D eigenvalue weighted by Crippen LogP contribution is 2.39. The molecular formula is C17H12ClF3N4. The topological polar surface area (TPSA) is 42.7 Å². The van der Waals surface area contributed by atoms with Gasteiger partial charge in [-0.05, 0) is 36.8 Å². The van der Waals surface area contributed by atoms with Crippen LogP contribution >= 0.6 is 11.6 Å². The van der Waals surface area contributed by atoms with Crippen LogP contribution in [0.5, 0.6) is 0 Å². The lowest BCUT2D eigenvalue weighted by Gasteiger charge is -2.15. The highest BCUT2D eigenvalue weighted by Gasteiger charge is 2.36. The lowest BCUT2D eigenvalue weighted by atomic mass is 10.1. The zero-order chi connectivity index (χ0) is 17.6. The molecule has 0 saturated carbocycles. The van der Waals surface area contributed by atoms with E-state index in [0.29, 0.717) is 30.2 Å². The summed E-state index contributed by atoms with van der Waals surface area (Å²) in [6.45, 7) is 0.641. The normalized spacial score (nSPS) is 13.6. The predicted octanol–water partition coefficient (Wildman–Crippen LogP) is 4.57. The summed E-state index contributed by atoms with van der Waals surface area (Å²) >= 11 is 5.77. The maximum atomic E-state index is 13.5. The average Bonchev–Trinajstić information content (AvgIpc) is 3.17. The van der Waals surface area contributed by atoms with Crippen molar-refractivity contribution in [2.24, 2.45) is 0 Å². The molecule has 0 radical (unpaired) electrons. The Bertz CT molecular complexity index is 935. The van der Waals surface area contributed by atoms with E-state index in [2.05, 4.69) is 15.4 Å². The molecule has 1 aliphatic heterocycles. The van der Waals surface area contributed by atoms with E-state index in [1.54, 1.807) is 18.3 Å². The molecule has 0 atom stereocenters. The van der Waals surface area contributed by atoms with Gasteiger partial charge in [-0.1, -0.05) is 17.7 Å². The number of pyridine rings is 1. The summed E-state index contributed by atoms with van der Waals surface area (Å²) < 4.78 is 41.7. The van der Waals surface area contributed by atoms with Gasteiger partial charge in [0, 0.05) is 23.3 Å². The van der Waals surface area contributed by atoms with Gasteiger partial charge in [-0.2, -0.15) is 18.3 Å². The monoisotopic (exact) mass is 364 g/mol. The third kappa shape index (κ3) is 2.74. The van der Waals surface area contributed by atoms with Gasteiger partial charge in [0.05, 0.1) is 16.9 Å². The zero-order valence-corrected chi connectivity index (χ0v) is 13.6. The Balaban J connectivity index is 1.94. The number of hydrogen-bond acceptors (Lipinski definition) is 3. The van der Waals surface area contributed by atoms with Crippen LogP contribution in [0.15, 0.2) is 42.6 Å². The van der Waals surface area contributed by atoms with Crippen molar-refractivity contribution in [3.05, 3.63) is 58.7 Å². The molecule has 128 valence electrons. The first kappa shape index (κ1) is 16.0. The van der Waals surface area contributed by atoms with E-state index >= 15 is 0 Å². The van der Waals surface area contributed by atoms with Crippen LogP contribution in [0.3, 0.4) is 0 Å². The number of hydrogen-bond donors (Lipinski definition) is 1. The first-order valence-corrected chi connectivity index (χ1v) is 7.97. The molecule has 1 aliphatic rings. The number of nitrogens with one attached hydrogen (secondary N) is 1. The third-order valence-corrected chi connectivity index (χ3v) is 4.29. The minimum absolute atomic E-state index is 0.0257. The van der Waals surface area contributed by atoms with Crippen LogP contribution in [0.4, 0.5) is 19.0 Å². The van der Waals surface area contributed by atoms with Crippen molar-refractivity contribution in [2.75, 3.05) is 11.9 Å². The number of aromatic nitrogens is 3. The van der Waals surface area contributed by atoms with Gasteiger partial charge in [-0.25, -0.2) is 4.68 Å². The largest absolute Gasteiger partial charge is 0.418 e. The number of alkyl halides is 3. The molecule has 1 N–H and O–H groups in total. The molecule has 0 aliphatic carbocycles. The lowest BCUT2D eigenvalue weighted by molar-refractivity contribution is -0.137. The molecule has 3 heterocycles. The number of fused-ring (bicyclic) bond motifs is 1. The van der Waals surface area contributed by atoms with E-state index in [0.717, 1.165) is 11.6 Å². The lowest BCUT2D eigenvalue weighted by Crippen LogP contribution is -2.13. The van der Waals surface area contributed by atoms with E-state index in [9.17, 15) is 13.2 Å². The van der Waals surface area contributed by atoms with Gasteiger partial charge in [-0.15, -0.1) is 0 Å². The summed E-state index contributed by atoms with van der Waals surface area (Å²) in [5.41, 5.74) is 1.19. The van der Waals surface area contributed by atoms with Crippen LogP contribution in [0.25, 0.3) is 17.1 Å². The Morgan fingerprint density at radius 1 is 1.16 bits per heavy atom. The molecule has 25 heavy (non-hydrogen) atoms. The van der Waals surface area contributed by atoms with Crippen molar-refractivity contribution >= 4 is 17.4 Å². The summed E-state index contributed by atoms with van der Waals surface area (Å²) in [6, 6.07) is 9.06. The molecule has 0 spiro atoms. The second kappa shape index (κ2) is 5.77. The molecule has 4 rings (SSSR count). The minimum Gasteiger partial charge on any atom is -0.369 e. The molecule has 0 bridgehead atoms.